The highest BCUT2D eigenvalue weighted by atomic mass is 15.3. The Morgan fingerprint density at radius 1 is 1.12 bits per heavy atom. The summed E-state index contributed by atoms with van der Waals surface area (Å²) in [5, 5.41) is 0. The molecule has 16 heavy (non-hydrogen) atoms. The van der Waals surface area contributed by atoms with Crippen LogP contribution in [0.5, 0.6) is 0 Å². The Morgan fingerprint density at radius 3 is 2.25 bits per heavy atom. The van der Waals surface area contributed by atoms with Crippen molar-refractivity contribution in [1.29, 1.82) is 0 Å². The second-order valence-corrected chi connectivity index (χ2v) is 5.73. The molecule has 2 aliphatic rings. The van der Waals surface area contributed by atoms with Gasteiger partial charge in [-0.25, -0.2) is 0 Å². The molecule has 3 nitrogen and oxygen atoms in total. The van der Waals surface area contributed by atoms with Gasteiger partial charge in [-0.2, -0.15) is 0 Å². The topological polar surface area (TPSA) is 32.5 Å². The van der Waals surface area contributed by atoms with E-state index in [1.165, 1.54) is 45.6 Å². The number of nitrogens with two attached hydrogens (primary N) is 1. The van der Waals surface area contributed by atoms with Crippen LogP contribution < -0.4 is 5.73 Å². The number of piperazine rings is 1. The van der Waals surface area contributed by atoms with Crippen molar-refractivity contribution >= 4 is 0 Å². The van der Waals surface area contributed by atoms with Crippen molar-refractivity contribution in [2.75, 3.05) is 39.3 Å². The Kier molecular flexibility index (Phi) is 4.22. The molecule has 1 aliphatic heterocycles. The van der Waals surface area contributed by atoms with Crippen molar-refractivity contribution in [3.8, 4) is 0 Å². The highest BCUT2D eigenvalue weighted by molar-refractivity contribution is 4.83. The minimum Gasteiger partial charge on any atom is -0.330 e. The molecule has 0 amide bonds. The number of hydrogen-bond acceptors (Lipinski definition) is 3. The first-order valence-corrected chi connectivity index (χ1v) is 6.87. The normalized spacial score (nSPS) is 27.9. The van der Waals surface area contributed by atoms with Crippen LogP contribution >= 0.6 is 0 Å². The summed E-state index contributed by atoms with van der Waals surface area (Å²) < 4.78 is 0. The van der Waals surface area contributed by atoms with E-state index in [0.29, 0.717) is 12.0 Å². The Labute approximate surface area is 100.0 Å². The van der Waals surface area contributed by atoms with E-state index < -0.39 is 0 Å². The molecular formula is C13H27N3. The summed E-state index contributed by atoms with van der Waals surface area (Å²) in [5.74, 6) is 1.65. The average Bonchev–Trinajstić information content (AvgIpc) is 3.12. The molecule has 1 saturated carbocycles. The van der Waals surface area contributed by atoms with Gasteiger partial charge in [0.1, 0.15) is 0 Å². The molecule has 2 N–H and O–H groups in total. The maximum Gasteiger partial charge on any atom is 0.0113 e. The lowest BCUT2D eigenvalue weighted by Crippen LogP contribution is -2.52. The van der Waals surface area contributed by atoms with Crippen molar-refractivity contribution in [2.24, 2.45) is 17.6 Å². The zero-order valence-electron chi connectivity index (χ0n) is 10.9. The molecule has 0 radical (unpaired) electrons. The standard InChI is InChI=1S/C13H27N3/c1-11(9-14)12(2)16-7-5-15(6-8-16)10-13-3-4-13/h11-13H,3-10,14H2,1-2H3. The van der Waals surface area contributed by atoms with Crippen molar-refractivity contribution in [3.63, 3.8) is 0 Å². The number of nitrogens with zero attached hydrogens (tertiary/aromatic N) is 2. The molecule has 0 aromatic rings. The third-order valence-corrected chi connectivity index (χ3v) is 4.39. The zero-order chi connectivity index (χ0) is 11.5. The first-order chi connectivity index (χ1) is 7.70. The van der Waals surface area contributed by atoms with E-state index in [1.54, 1.807) is 0 Å². The van der Waals surface area contributed by atoms with E-state index in [9.17, 15) is 0 Å². The average molecular weight is 225 g/mol. The van der Waals surface area contributed by atoms with Gasteiger partial charge in [0.2, 0.25) is 0 Å². The Balaban J connectivity index is 1.71. The Morgan fingerprint density at radius 2 is 1.75 bits per heavy atom. The lowest BCUT2D eigenvalue weighted by Gasteiger charge is -2.40. The molecule has 0 aromatic heterocycles. The van der Waals surface area contributed by atoms with E-state index in [-0.39, 0.29) is 0 Å². The fourth-order valence-electron chi connectivity index (χ4n) is 2.58. The van der Waals surface area contributed by atoms with Gasteiger partial charge in [0.05, 0.1) is 0 Å². The van der Waals surface area contributed by atoms with Gasteiger partial charge in [-0.1, -0.05) is 6.92 Å². The predicted molar refractivity (Wildman–Crippen MR) is 68.4 cm³/mol. The summed E-state index contributed by atoms with van der Waals surface area (Å²) in [6.45, 7) is 11.8. The van der Waals surface area contributed by atoms with Gasteiger partial charge in [-0.05, 0) is 38.1 Å². The molecule has 0 spiro atoms. The Hall–Kier alpha value is -0.120. The van der Waals surface area contributed by atoms with Gasteiger partial charge in [0, 0.05) is 38.8 Å². The van der Waals surface area contributed by atoms with Crippen LogP contribution in [0.25, 0.3) is 0 Å². The first-order valence-electron chi connectivity index (χ1n) is 6.87. The SMILES string of the molecule is CC(CN)C(C)N1CCN(CC2CC2)CC1. The van der Waals surface area contributed by atoms with Gasteiger partial charge < -0.3 is 10.6 Å². The van der Waals surface area contributed by atoms with Crippen LogP contribution in [0.2, 0.25) is 0 Å². The van der Waals surface area contributed by atoms with Crippen LogP contribution in [0.15, 0.2) is 0 Å². The van der Waals surface area contributed by atoms with Gasteiger partial charge in [-0.15, -0.1) is 0 Å². The molecule has 3 heteroatoms. The summed E-state index contributed by atoms with van der Waals surface area (Å²) in [5.41, 5.74) is 5.74. The van der Waals surface area contributed by atoms with E-state index in [2.05, 4.69) is 23.6 Å². The number of hydrogen-bond donors (Lipinski definition) is 1. The fourth-order valence-corrected chi connectivity index (χ4v) is 2.58. The minimum absolute atomic E-state index is 0.620. The smallest absolute Gasteiger partial charge is 0.0113 e. The van der Waals surface area contributed by atoms with E-state index in [1.807, 2.05) is 0 Å². The summed E-state index contributed by atoms with van der Waals surface area (Å²) in [4.78, 5) is 5.26. The third-order valence-electron chi connectivity index (χ3n) is 4.39. The van der Waals surface area contributed by atoms with Crippen molar-refractivity contribution in [1.82, 2.24) is 9.80 Å². The quantitative estimate of drug-likeness (QED) is 0.757. The summed E-state index contributed by atoms with van der Waals surface area (Å²) in [6, 6.07) is 0.646. The first kappa shape index (κ1) is 12.3. The van der Waals surface area contributed by atoms with Crippen LogP contribution in [0.1, 0.15) is 26.7 Å². The highest BCUT2D eigenvalue weighted by Gasteiger charge is 2.28. The van der Waals surface area contributed by atoms with Crippen LogP contribution in [0, 0.1) is 11.8 Å². The van der Waals surface area contributed by atoms with Crippen molar-refractivity contribution in [3.05, 3.63) is 0 Å². The maximum absolute atomic E-state index is 5.74. The largest absolute Gasteiger partial charge is 0.330 e. The second-order valence-electron chi connectivity index (χ2n) is 5.73. The molecular weight excluding hydrogens is 198 g/mol. The van der Waals surface area contributed by atoms with Gasteiger partial charge in [0.25, 0.3) is 0 Å². The maximum atomic E-state index is 5.74. The molecule has 94 valence electrons. The highest BCUT2D eigenvalue weighted by Crippen LogP contribution is 2.30. The van der Waals surface area contributed by atoms with E-state index in [4.69, 9.17) is 5.73 Å². The lowest BCUT2D eigenvalue weighted by atomic mass is 10.0. The monoisotopic (exact) mass is 225 g/mol. The van der Waals surface area contributed by atoms with Gasteiger partial charge in [-0.3, -0.25) is 4.90 Å². The minimum atomic E-state index is 0.620. The van der Waals surface area contributed by atoms with Crippen LogP contribution in [0.3, 0.4) is 0 Å². The summed E-state index contributed by atoms with van der Waals surface area (Å²) >= 11 is 0. The van der Waals surface area contributed by atoms with Crippen LogP contribution in [-0.4, -0.2) is 55.1 Å². The molecule has 1 aliphatic carbocycles. The number of rotatable bonds is 5. The van der Waals surface area contributed by atoms with E-state index in [0.717, 1.165) is 12.5 Å². The molecule has 1 saturated heterocycles. The molecule has 2 atom stereocenters. The van der Waals surface area contributed by atoms with Crippen LogP contribution in [-0.2, 0) is 0 Å². The summed E-state index contributed by atoms with van der Waals surface area (Å²) in [6.07, 6.45) is 2.95. The molecule has 0 bridgehead atoms. The Bertz CT molecular complexity index is 207. The van der Waals surface area contributed by atoms with Crippen molar-refractivity contribution < 1.29 is 0 Å². The molecule has 0 aromatic carbocycles. The fraction of sp³-hybridized carbons (Fsp3) is 1.00. The lowest BCUT2D eigenvalue weighted by molar-refractivity contribution is 0.0799. The second kappa shape index (κ2) is 5.48. The van der Waals surface area contributed by atoms with Gasteiger partial charge >= 0.3 is 0 Å². The van der Waals surface area contributed by atoms with E-state index >= 15 is 0 Å². The van der Waals surface area contributed by atoms with Crippen LogP contribution in [0.4, 0.5) is 0 Å². The molecule has 1 heterocycles. The molecule has 2 unspecified atom stereocenters. The predicted octanol–water partition coefficient (Wildman–Crippen LogP) is 0.997. The summed E-state index contributed by atoms with van der Waals surface area (Å²) in [7, 11) is 0. The van der Waals surface area contributed by atoms with Crippen molar-refractivity contribution in [2.45, 2.75) is 32.7 Å². The molecule has 2 rings (SSSR count). The molecule has 2 fully saturated rings. The third kappa shape index (κ3) is 3.19. The zero-order valence-corrected chi connectivity index (χ0v) is 10.9. The van der Waals surface area contributed by atoms with Gasteiger partial charge in [0.15, 0.2) is 0 Å².